The molecule has 0 atom stereocenters. The number of nitrogens with zero attached hydrogens (tertiary/aromatic N) is 2. The van der Waals surface area contributed by atoms with Crippen LogP contribution in [-0.2, 0) is 10.9 Å². The molecule has 0 saturated heterocycles. The summed E-state index contributed by atoms with van der Waals surface area (Å²) in [6.45, 7) is 1.57. The van der Waals surface area contributed by atoms with Crippen LogP contribution in [0.15, 0.2) is 18.3 Å². The third kappa shape index (κ3) is 3.83. The minimum absolute atomic E-state index is 0.0644. The van der Waals surface area contributed by atoms with Crippen molar-refractivity contribution in [3.8, 4) is 0 Å². The number of hydrogen-bond donors (Lipinski definition) is 1. The smallest absolute Gasteiger partial charge is 0.433 e. The highest BCUT2D eigenvalue weighted by Gasteiger charge is 2.32. The molecule has 2 heterocycles. The van der Waals surface area contributed by atoms with Crippen LogP contribution >= 0.6 is 11.3 Å². The summed E-state index contributed by atoms with van der Waals surface area (Å²) < 4.78 is 41.8. The van der Waals surface area contributed by atoms with Crippen molar-refractivity contribution < 1.29 is 27.5 Å². The number of anilines is 1. The van der Waals surface area contributed by atoms with Gasteiger partial charge in [0.2, 0.25) is 0 Å². The molecule has 0 saturated carbocycles. The molecule has 2 aromatic rings. The number of esters is 1. The minimum Gasteiger partial charge on any atom is -0.465 e. The third-order valence-corrected chi connectivity index (χ3v) is 3.76. The van der Waals surface area contributed by atoms with Crippen LogP contribution in [0.3, 0.4) is 0 Å². The predicted molar refractivity (Wildman–Crippen MR) is 75.4 cm³/mol. The first-order valence-electron chi connectivity index (χ1n) is 6.12. The van der Waals surface area contributed by atoms with Gasteiger partial charge >= 0.3 is 12.1 Å². The van der Waals surface area contributed by atoms with Gasteiger partial charge in [0.05, 0.1) is 18.4 Å². The molecule has 0 spiro atoms. The normalized spacial score (nSPS) is 11.2. The molecular weight excluding hydrogens is 335 g/mol. The second kappa shape index (κ2) is 6.32. The van der Waals surface area contributed by atoms with Gasteiger partial charge in [-0.2, -0.15) is 13.2 Å². The molecule has 0 fully saturated rings. The lowest BCUT2D eigenvalue weighted by Crippen LogP contribution is -2.14. The lowest BCUT2D eigenvalue weighted by atomic mass is 10.2. The second-order valence-corrected chi connectivity index (χ2v) is 5.31. The number of alkyl halides is 3. The molecule has 122 valence electrons. The molecule has 0 bridgehead atoms. The molecule has 23 heavy (non-hydrogen) atoms. The first-order valence-corrected chi connectivity index (χ1v) is 6.94. The van der Waals surface area contributed by atoms with E-state index < -0.39 is 23.7 Å². The number of halogens is 3. The summed E-state index contributed by atoms with van der Waals surface area (Å²) in [6.07, 6.45) is -3.75. The number of aromatic nitrogens is 2. The van der Waals surface area contributed by atoms with Crippen LogP contribution in [0.2, 0.25) is 0 Å². The van der Waals surface area contributed by atoms with Crippen molar-refractivity contribution in [1.82, 2.24) is 9.97 Å². The molecule has 0 aliphatic rings. The summed E-state index contributed by atoms with van der Waals surface area (Å²) >= 11 is 0.905. The van der Waals surface area contributed by atoms with Gasteiger partial charge in [-0.1, -0.05) is 11.3 Å². The molecule has 0 aliphatic carbocycles. The Morgan fingerprint density at radius 3 is 2.52 bits per heavy atom. The van der Waals surface area contributed by atoms with Crippen LogP contribution in [0.4, 0.5) is 18.3 Å². The van der Waals surface area contributed by atoms with Gasteiger partial charge in [0.15, 0.2) is 5.13 Å². The summed E-state index contributed by atoms with van der Waals surface area (Å²) in [5.41, 5.74) is -0.778. The summed E-state index contributed by atoms with van der Waals surface area (Å²) in [5, 5.41) is 2.53. The zero-order valence-corrected chi connectivity index (χ0v) is 12.7. The van der Waals surface area contributed by atoms with Gasteiger partial charge in [-0.25, -0.2) is 9.78 Å². The van der Waals surface area contributed by atoms with E-state index in [4.69, 9.17) is 0 Å². The largest absolute Gasteiger partial charge is 0.465 e. The fourth-order valence-corrected chi connectivity index (χ4v) is 2.48. The highest BCUT2D eigenvalue weighted by atomic mass is 32.1. The minimum atomic E-state index is -4.57. The quantitative estimate of drug-likeness (QED) is 0.865. The van der Waals surface area contributed by atoms with Crippen LogP contribution in [0, 0.1) is 6.92 Å². The van der Waals surface area contributed by atoms with Crippen LogP contribution in [0.25, 0.3) is 0 Å². The lowest BCUT2D eigenvalue weighted by molar-refractivity contribution is -0.141. The molecule has 0 unspecified atom stereocenters. The summed E-state index contributed by atoms with van der Waals surface area (Å²) in [4.78, 5) is 30.8. The topological polar surface area (TPSA) is 81.2 Å². The number of thiazole rings is 1. The Morgan fingerprint density at radius 2 is 2.00 bits per heavy atom. The van der Waals surface area contributed by atoms with Crippen molar-refractivity contribution in [2.75, 3.05) is 12.4 Å². The molecule has 0 aromatic carbocycles. The van der Waals surface area contributed by atoms with Gasteiger partial charge < -0.3 is 4.74 Å². The fraction of sp³-hybridized carbons (Fsp3) is 0.231. The van der Waals surface area contributed by atoms with Gasteiger partial charge in [-0.3, -0.25) is 15.1 Å². The van der Waals surface area contributed by atoms with E-state index in [1.54, 1.807) is 6.92 Å². The number of carbonyl (C=O) groups is 2. The summed E-state index contributed by atoms with van der Waals surface area (Å²) in [6, 6.07) is 1.72. The van der Waals surface area contributed by atoms with Crippen molar-refractivity contribution in [2.24, 2.45) is 0 Å². The summed E-state index contributed by atoms with van der Waals surface area (Å²) in [7, 11) is 1.22. The van der Waals surface area contributed by atoms with Crippen molar-refractivity contribution in [3.63, 3.8) is 0 Å². The maximum atomic E-state index is 12.4. The number of rotatable bonds is 3. The lowest BCUT2D eigenvalue weighted by Gasteiger charge is -2.06. The van der Waals surface area contributed by atoms with E-state index in [1.165, 1.54) is 7.11 Å². The van der Waals surface area contributed by atoms with Crippen LogP contribution in [0.5, 0.6) is 0 Å². The zero-order valence-electron chi connectivity index (χ0n) is 11.9. The zero-order chi connectivity index (χ0) is 17.2. The van der Waals surface area contributed by atoms with Crippen molar-refractivity contribution >= 4 is 28.3 Å². The SMILES string of the molecule is COC(=O)c1sc(NC(=O)c2ccc(C(F)(F)F)nc2)nc1C. The third-order valence-electron chi connectivity index (χ3n) is 2.70. The number of hydrogen-bond acceptors (Lipinski definition) is 6. The van der Waals surface area contributed by atoms with Crippen molar-refractivity contribution in [3.05, 3.63) is 40.2 Å². The van der Waals surface area contributed by atoms with E-state index in [0.29, 0.717) is 11.8 Å². The van der Waals surface area contributed by atoms with E-state index in [-0.39, 0.29) is 15.6 Å². The number of pyridine rings is 1. The number of nitrogens with one attached hydrogen (secondary N) is 1. The van der Waals surface area contributed by atoms with E-state index in [0.717, 1.165) is 23.6 Å². The Kier molecular flexibility index (Phi) is 4.64. The Morgan fingerprint density at radius 1 is 1.30 bits per heavy atom. The maximum absolute atomic E-state index is 12.4. The first kappa shape index (κ1) is 16.9. The maximum Gasteiger partial charge on any atom is 0.433 e. The highest BCUT2D eigenvalue weighted by Crippen LogP contribution is 2.27. The van der Waals surface area contributed by atoms with E-state index >= 15 is 0 Å². The molecule has 6 nitrogen and oxygen atoms in total. The molecule has 10 heteroatoms. The number of methoxy groups -OCH3 is 1. The van der Waals surface area contributed by atoms with E-state index in [1.807, 2.05) is 0 Å². The molecule has 2 aromatic heterocycles. The first-order chi connectivity index (χ1) is 10.7. The van der Waals surface area contributed by atoms with Gasteiger partial charge in [-0.05, 0) is 19.1 Å². The Bertz CT molecular complexity index is 741. The Labute approximate surface area is 132 Å². The van der Waals surface area contributed by atoms with Gasteiger partial charge in [-0.15, -0.1) is 0 Å². The molecule has 1 N–H and O–H groups in total. The number of aryl methyl sites for hydroxylation is 1. The van der Waals surface area contributed by atoms with Crippen molar-refractivity contribution in [2.45, 2.75) is 13.1 Å². The number of amides is 1. The number of carbonyl (C=O) groups excluding carboxylic acids is 2. The average molecular weight is 345 g/mol. The molecular formula is C13H10F3N3O3S. The highest BCUT2D eigenvalue weighted by molar-refractivity contribution is 7.17. The van der Waals surface area contributed by atoms with Crippen LogP contribution in [0.1, 0.15) is 31.4 Å². The molecule has 0 radical (unpaired) electrons. The van der Waals surface area contributed by atoms with Gasteiger partial charge in [0.1, 0.15) is 10.6 Å². The van der Waals surface area contributed by atoms with Crippen LogP contribution in [-0.4, -0.2) is 29.0 Å². The molecule has 0 aliphatic heterocycles. The van der Waals surface area contributed by atoms with Gasteiger partial charge in [0, 0.05) is 6.20 Å². The molecule has 2 rings (SSSR count). The fourth-order valence-electron chi connectivity index (χ4n) is 1.60. The monoisotopic (exact) mass is 345 g/mol. The predicted octanol–water partition coefficient (Wildman–Crippen LogP) is 2.90. The Balaban J connectivity index is 2.15. The summed E-state index contributed by atoms with van der Waals surface area (Å²) in [5.74, 6) is -1.27. The standard InChI is InChI=1S/C13H10F3N3O3S/c1-6-9(11(21)22-2)23-12(18-6)19-10(20)7-3-4-8(17-5-7)13(14,15)16/h3-5H,1-2H3,(H,18,19,20). The van der Waals surface area contributed by atoms with Crippen LogP contribution < -0.4 is 5.32 Å². The van der Waals surface area contributed by atoms with Gasteiger partial charge in [0.25, 0.3) is 5.91 Å². The van der Waals surface area contributed by atoms with Crippen molar-refractivity contribution in [1.29, 1.82) is 0 Å². The van der Waals surface area contributed by atoms with E-state index in [2.05, 4.69) is 20.0 Å². The van der Waals surface area contributed by atoms with E-state index in [9.17, 15) is 22.8 Å². The molecule has 1 amide bonds. The second-order valence-electron chi connectivity index (χ2n) is 4.31. The average Bonchev–Trinajstić information content (AvgIpc) is 2.86. The Hall–Kier alpha value is -2.49. The number of ether oxygens (including phenoxy) is 1.